The number of carbonyl (C=O) groups is 1. The number of carbonyl (C=O) groups excluding carboxylic acids is 1. The van der Waals surface area contributed by atoms with Gasteiger partial charge in [-0.2, -0.15) is 0 Å². The average Bonchev–Trinajstić information content (AvgIpc) is 3.03. The Kier molecular flexibility index (Phi) is 8.47. The number of rotatable bonds is 8. The number of aliphatic imine (C=N–C) groups is 1. The second-order valence-corrected chi connectivity index (χ2v) is 9.65. The number of amidine groups is 1. The molecule has 32 heavy (non-hydrogen) atoms. The maximum atomic E-state index is 13.2. The molecular weight excluding hydrogens is 539 g/mol. The van der Waals surface area contributed by atoms with Gasteiger partial charge in [0.25, 0.3) is 5.91 Å². The fourth-order valence-corrected chi connectivity index (χ4v) is 5.02. The molecule has 0 unspecified atom stereocenters. The van der Waals surface area contributed by atoms with Crippen molar-refractivity contribution in [1.82, 2.24) is 4.90 Å². The molecule has 1 amide bonds. The van der Waals surface area contributed by atoms with Crippen LogP contribution in [0, 0.1) is 9.49 Å². The van der Waals surface area contributed by atoms with Crippen LogP contribution in [0.3, 0.4) is 0 Å². The highest BCUT2D eigenvalue weighted by Gasteiger charge is 2.33. The topological polar surface area (TPSA) is 60.4 Å². The summed E-state index contributed by atoms with van der Waals surface area (Å²) in [4.78, 5) is 20.4. The van der Waals surface area contributed by atoms with Gasteiger partial charge in [0.05, 0.1) is 35.0 Å². The first-order valence-electron chi connectivity index (χ1n) is 10.3. The first kappa shape index (κ1) is 24.4. The molecule has 0 N–H and O–H groups in total. The number of nitrogens with zero attached hydrogens (tertiary/aromatic N) is 2. The summed E-state index contributed by atoms with van der Waals surface area (Å²) >= 11 is 3.60. The lowest BCUT2D eigenvalue weighted by Crippen LogP contribution is -2.32. The number of methoxy groups -OCH3 is 2. The molecule has 0 bridgehead atoms. The van der Waals surface area contributed by atoms with Crippen molar-refractivity contribution in [3.63, 3.8) is 0 Å². The number of amides is 1. The van der Waals surface area contributed by atoms with Crippen molar-refractivity contribution in [2.45, 2.75) is 20.8 Å². The Morgan fingerprint density at radius 3 is 2.47 bits per heavy atom. The predicted molar refractivity (Wildman–Crippen MR) is 139 cm³/mol. The summed E-state index contributed by atoms with van der Waals surface area (Å²) in [6, 6.07) is 11.4. The monoisotopic (exact) mass is 566 g/mol. The summed E-state index contributed by atoms with van der Waals surface area (Å²) in [5.74, 6) is 2.40. The SMILES string of the molecule is CCOc1cc(/C=C2\SC(=Nc3ccc(OC)cc3)N(CC(C)C)C2=O)cc(I)c1OC. The van der Waals surface area contributed by atoms with Gasteiger partial charge in [-0.15, -0.1) is 0 Å². The number of ether oxygens (including phenoxy) is 3. The summed E-state index contributed by atoms with van der Waals surface area (Å²) in [5, 5.41) is 0.674. The lowest BCUT2D eigenvalue weighted by atomic mass is 10.1. The lowest BCUT2D eigenvalue weighted by Gasteiger charge is -2.17. The highest BCUT2D eigenvalue weighted by atomic mass is 127. The molecule has 0 saturated carbocycles. The molecule has 0 spiro atoms. The first-order valence-corrected chi connectivity index (χ1v) is 12.2. The van der Waals surface area contributed by atoms with Crippen LogP contribution in [0.2, 0.25) is 0 Å². The third kappa shape index (κ3) is 5.78. The third-order valence-corrected chi connectivity index (χ3v) is 6.37. The van der Waals surface area contributed by atoms with Crippen molar-refractivity contribution < 1.29 is 19.0 Å². The minimum atomic E-state index is -0.0419. The Morgan fingerprint density at radius 2 is 1.88 bits per heavy atom. The van der Waals surface area contributed by atoms with Crippen molar-refractivity contribution in [1.29, 1.82) is 0 Å². The van der Waals surface area contributed by atoms with E-state index in [2.05, 4.69) is 36.4 Å². The molecular formula is C24H27IN2O4S. The highest BCUT2D eigenvalue weighted by molar-refractivity contribution is 14.1. The Morgan fingerprint density at radius 1 is 1.16 bits per heavy atom. The van der Waals surface area contributed by atoms with Gasteiger partial charge in [0, 0.05) is 6.54 Å². The van der Waals surface area contributed by atoms with Gasteiger partial charge in [-0.25, -0.2) is 4.99 Å². The molecule has 1 aliphatic heterocycles. The summed E-state index contributed by atoms with van der Waals surface area (Å²) < 4.78 is 17.4. The lowest BCUT2D eigenvalue weighted by molar-refractivity contribution is -0.122. The Hall–Kier alpha value is -2.20. The maximum absolute atomic E-state index is 13.2. The standard InChI is InChI=1S/C24H27IN2O4S/c1-6-31-20-12-16(11-19(25)22(20)30-5)13-21-23(28)27(14-15(2)3)24(32-21)26-17-7-9-18(29-4)10-8-17/h7-13,15H,6,14H2,1-5H3/b21-13-,26-24?. The molecule has 1 saturated heterocycles. The van der Waals surface area contributed by atoms with Crippen LogP contribution in [0.4, 0.5) is 5.69 Å². The minimum Gasteiger partial charge on any atom is -0.497 e. The maximum Gasteiger partial charge on any atom is 0.266 e. The van der Waals surface area contributed by atoms with Crippen LogP contribution < -0.4 is 14.2 Å². The molecule has 2 aromatic carbocycles. The third-order valence-electron chi connectivity index (χ3n) is 4.57. The number of thioether (sulfide) groups is 1. The Balaban J connectivity index is 1.97. The van der Waals surface area contributed by atoms with E-state index in [1.807, 2.05) is 49.4 Å². The van der Waals surface area contributed by atoms with E-state index >= 15 is 0 Å². The van der Waals surface area contributed by atoms with E-state index in [0.717, 1.165) is 20.6 Å². The first-order chi connectivity index (χ1) is 15.4. The average molecular weight is 566 g/mol. The van der Waals surface area contributed by atoms with Crippen molar-refractivity contribution in [2.24, 2.45) is 10.9 Å². The van der Waals surface area contributed by atoms with Crippen LogP contribution in [-0.2, 0) is 4.79 Å². The van der Waals surface area contributed by atoms with Gasteiger partial charge in [-0.1, -0.05) is 13.8 Å². The number of hydrogen-bond acceptors (Lipinski definition) is 6. The number of halogens is 1. The van der Waals surface area contributed by atoms with Crippen LogP contribution in [0.25, 0.3) is 6.08 Å². The van der Waals surface area contributed by atoms with Gasteiger partial charge in [0.2, 0.25) is 0 Å². The molecule has 170 valence electrons. The molecule has 3 rings (SSSR count). The molecule has 0 aliphatic carbocycles. The second-order valence-electron chi connectivity index (χ2n) is 7.48. The largest absolute Gasteiger partial charge is 0.497 e. The van der Waals surface area contributed by atoms with Crippen LogP contribution >= 0.6 is 34.4 Å². The normalized spacial score (nSPS) is 16.3. The van der Waals surface area contributed by atoms with Crippen LogP contribution in [0.1, 0.15) is 26.3 Å². The van der Waals surface area contributed by atoms with Crippen molar-refractivity contribution >= 4 is 57.2 Å². The minimum absolute atomic E-state index is 0.0419. The van der Waals surface area contributed by atoms with E-state index in [0.29, 0.717) is 40.6 Å². The van der Waals surface area contributed by atoms with E-state index in [4.69, 9.17) is 19.2 Å². The van der Waals surface area contributed by atoms with E-state index in [1.54, 1.807) is 19.1 Å². The number of benzene rings is 2. The van der Waals surface area contributed by atoms with Gasteiger partial charge < -0.3 is 14.2 Å². The number of hydrogen-bond donors (Lipinski definition) is 0. The summed E-state index contributed by atoms with van der Waals surface area (Å²) in [5.41, 5.74) is 1.65. The van der Waals surface area contributed by atoms with E-state index in [1.165, 1.54) is 11.8 Å². The predicted octanol–water partition coefficient (Wildman–Crippen LogP) is 5.97. The molecule has 0 radical (unpaired) electrons. The summed E-state index contributed by atoms with van der Waals surface area (Å²) in [7, 11) is 3.26. The second kappa shape index (κ2) is 11.1. The van der Waals surface area contributed by atoms with Gasteiger partial charge in [0.15, 0.2) is 16.7 Å². The Bertz CT molecular complexity index is 1040. The highest BCUT2D eigenvalue weighted by Crippen LogP contribution is 2.38. The summed E-state index contributed by atoms with van der Waals surface area (Å²) in [6.45, 7) is 7.23. The van der Waals surface area contributed by atoms with Gasteiger partial charge in [0.1, 0.15) is 5.75 Å². The van der Waals surface area contributed by atoms with Crippen LogP contribution in [0.15, 0.2) is 46.3 Å². The fourth-order valence-electron chi connectivity index (χ4n) is 3.17. The molecule has 8 heteroatoms. The van der Waals surface area contributed by atoms with Crippen molar-refractivity contribution in [2.75, 3.05) is 27.4 Å². The fraction of sp³-hybridized carbons (Fsp3) is 0.333. The molecule has 1 aliphatic rings. The van der Waals surface area contributed by atoms with Gasteiger partial charge in [-0.3, -0.25) is 9.69 Å². The molecule has 0 aromatic heterocycles. The van der Waals surface area contributed by atoms with Crippen LogP contribution in [0.5, 0.6) is 17.2 Å². The van der Waals surface area contributed by atoms with E-state index in [9.17, 15) is 4.79 Å². The molecule has 1 fully saturated rings. The quantitative estimate of drug-likeness (QED) is 0.291. The van der Waals surface area contributed by atoms with Gasteiger partial charge >= 0.3 is 0 Å². The zero-order chi connectivity index (χ0) is 23.3. The molecule has 2 aromatic rings. The smallest absolute Gasteiger partial charge is 0.266 e. The van der Waals surface area contributed by atoms with E-state index < -0.39 is 0 Å². The van der Waals surface area contributed by atoms with Crippen molar-refractivity contribution in [3.8, 4) is 17.2 Å². The molecule has 1 heterocycles. The van der Waals surface area contributed by atoms with Crippen LogP contribution in [-0.4, -0.2) is 43.3 Å². The molecule has 6 nitrogen and oxygen atoms in total. The van der Waals surface area contributed by atoms with Gasteiger partial charge in [-0.05, 0) is 95.2 Å². The zero-order valence-corrected chi connectivity index (χ0v) is 21.8. The van der Waals surface area contributed by atoms with E-state index in [-0.39, 0.29) is 5.91 Å². The Labute approximate surface area is 207 Å². The molecule has 0 atom stereocenters. The van der Waals surface area contributed by atoms with Crippen molar-refractivity contribution in [3.05, 3.63) is 50.4 Å². The zero-order valence-electron chi connectivity index (χ0n) is 18.8. The summed E-state index contributed by atoms with van der Waals surface area (Å²) in [6.07, 6.45) is 1.89.